The highest BCUT2D eigenvalue weighted by Gasteiger charge is 2.13. The van der Waals surface area contributed by atoms with Gasteiger partial charge in [0.1, 0.15) is 0 Å². The summed E-state index contributed by atoms with van der Waals surface area (Å²) >= 11 is 0. The van der Waals surface area contributed by atoms with Crippen LogP contribution in [0.5, 0.6) is 0 Å². The van der Waals surface area contributed by atoms with E-state index in [1.165, 1.54) is 0 Å². The molecule has 2 aromatic carbocycles. The summed E-state index contributed by atoms with van der Waals surface area (Å²) in [6.45, 7) is 4.33. The normalized spacial score (nSPS) is 11.4. The minimum atomic E-state index is 0.536. The van der Waals surface area contributed by atoms with Gasteiger partial charge in [-0.05, 0) is 28.8 Å². The first-order valence-electron chi connectivity index (χ1n) is 7.23. The molecule has 0 bridgehead atoms. The van der Waals surface area contributed by atoms with Crippen molar-refractivity contribution in [3.63, 3.8) is 0 Å². The predicted molar refractivity (Wildman–Crippen MR) is 86.9 cm³/mol. The van der Waals surface area contributed by atoms with Gasteiger partial charge >= 0.3 is 0 Å². The number of anilines is 1. The van der Waals surface area contributed by atoms with Crippen LogP contribution in [0.15, 0.2) is 36.4 Å². The molecule has 0 amide bonds. The van der Waals surface area contributed by atoms with Gasteiger partial charge in [-0.1, -0.05) is 38.1 Å². The fraction of sp³-hybridized carbons (Fsp3) is 0.294. The average Bonchev–Trinajstić information content (AvgIpc) is 2.77. The number of fused-ring (bicyclic) bond motifs is 1. The van der Waals surface area contributed by atoms with Gasteiger partial charge in [-0.3, -0.25) is 0 Å². The monoisotopic (exact) mass is 280 g/mol. The van der Waals surface area contributed by atoms with Gasteiger partial charge in [0, 0.05) is 24.7 Å². The summed E-state index contributed by atoms with van der Waals surface area (Å²) in [5.41, 5.74) is 7.90. The molecule has 0 aliphatic carbocycles. The van der Waals surface area contributed by atoms with E-state index in [0.717, 1.165) is 40.1 Å². The fourth-order valence-corrected chi connectivity index (χ4v) is 2.58. The Kier molecular flexibility index (Phi) is 3.37. The van der Waals surface area contributed by atoms with Crippen molar-refractivity contribution >= 4 is 16.5 Å². The van der Waals surface area contributed by atoms with Gasteiger partial charge in [0.05, 0.1) is 0 Å². The molecule has 0 aliphatic heterocycles. The van der Waals surface area contributed by atoms with Crippen LogP contribution in [0, 0.1) is 5.92 Å². The largest absolute Gasteiger partial charge is 0.398 e. The second-order valence-electron chi connectivity index (χ2n) is 5.86. The van der Waals surface area contributed by atoms with E-state index < -0.39 is 0 Å². The molecule has 108 valence electrons. The van der Waals surface area contributed by atoms with Crippen molar-refractivity contribution in [1.82, 2.24) is 14.8 Å². The fourth-order valence-electron chi connectivity index (χ4n) is 2.58. The Bertz CT molecular complexity index is 787. The molecule has 0 saturated carbocycles. The topological polar surface area (TPSA) is 56.7 Å². The number of aryl methyl sites for hydroxylation is 1. The molecule has 0 atom stereocenters. The number of nitrogens with zero attached hydrogens (tertiary/aromatic N) is 3. The zero-order chi connectivity index (χ0) is 15.0. The van der Waals surface area contributed by atoms with Gasteiger partial charge in [-0.25, -0.2) is 9.67 Å². The van der Waals surface area contributed by atoms with Crippen LogP contribution in [0.4, 0.5) is 5.69 Å². The van der Waals surface area contributed by atoms with Crippen LogP contribution in [-0.4, -0.2) is 14.8 Å². The van der Waals surface area contributed by atoms with Crippen LogP contribution in [-0.2, 0) is 13.5 Å². The van der Waals surface area contributed by atoms with E-state index in [-0.39, 0.29) is 0 Å². The van der Waals surface area contributed by atoms with Crippen LogP contribution in [0.25, 0.3) is 22.2 Å². The minimum absolute atomic E-state index is 0.536. The number of hydrogen-bond acceptors (Lipinski definition) is 3. The van der Waals surface area contributed by atoms with Crippen molar-refractivity contribution in [3.05, 3.63) is 42.2 Å². The molecule has 0 saturated heterocycles. The molecule has 3 rings (SSSR count). The zero-order valence-electron chi connectivity index (χ0n) is 12.7. The van der Waals surface area contributed by atoms with Crippen molar-refractivity contribution in [2.45, 2.75) is 20.3 Å². The van der Waals surface area contributed by atoms with Crippen LogP contribution < -0.4 is 5.73 Å². The molecule has 0 spiro atoms. The molecular weight excluding hydrogens is 260 g/mol. The molecule has 0 radical (unpaired) electrons. The van der Waals surface area contributed by atoms with Gasteiger partial charge in [-0.15, -0.1) is 0 Å². The molecule has 0 fully saturated rings. The van der Waals surface area contributed by atoms with Crippen molar-refractivity contribution < 1.29 is 0 Å². The van der Waals surface area contributed by atoms with Crippen molar-refractivity contribution in [3.8, 4) is 11.4 Å². The first-order valence-corrected chi connectivity index (χ1v) is 7.23. The van der Waals surface area contributed by atoms with Gasteiger partial charge in [0.15, 0.2) is 11.6 Å². The number of hydrogen-bond donors (Lipinski definition) is 1. The lowest BCUT2D eigenvalue weighted by Crippen LogP contribution is -1.98. The zero-order valence-corrected chi connectivity index (χ0v) is 12.7. The maximum Gasteiger partial charge on any atom is 0.160 e. The second-order valence-corrected chi connectivity index (χ2v) is 5.86. The smallest absolute Gasteiger partial charge is 0.160 e. The van der Waals surface area contributed by atoms with E-state index >= 15 is 0 Å². The van der Waals surface area contributed by atoms with Crippen LogP contribution in [0.1, 0.15) is 19.7 Å². The van der Waals surface area contributed by atoms with Crippen molar-refractivity contribution in [1.29, 1.82) is 0 Å². The third kappa shape index (κ3) is 2.61. The third-order valence-electron chi connectivity index (χ3n) is 3.56. The first kappa shape index (κ1) is 13.6. The molecule has 1 aromatic heterocycles. The summed E-state index contributed by atoms with van der Waals surface area (Å²) in [7, 11) is 1.92. The lowest BCUT2D eigenvalue weighted by molar-refractivity contribution is 0.613. The van der Waals surface area contributed by atoms with Gasteiger partial charge in [-0.2, -0.15) is 5.10 Å². The summed E-state index contributed by atoms with van der Waals surface area (Å²) in [6, 6.07) is 12.3. The third-order valence-corrected chi connectivity index (χ3v) is 3.56. The molecule has 3 aromatic rings. The van der Waals surface area contributed by atoms with E-state index in [1.54, 1.807) is 0 Å². The Morgan fingerprint density at radius 3 is 2.48 bits per heavy atom. The van der Waals surface area contributed by atoms with Gasteiger partial charge < -0.3 is 5.73 Å². The predicted octanol–water partition coefficient (Wildman–Crippen LogP) is 3.42. The average molecular weight is 280 g/mol. The number of nitrogen functional groups attached to an aromatic ring is 1. The molecule has 0 aliphatic rings. The summed E-state index contributed by atoms with van der Waals surface area (Å²) in [5.74, 6) is 2.23. The molecule has 4 nitrogen and oxygen atoms in total. The highest BCUT2D eigenvalue weighted by Crippen LogP contribution is 2.29. The summed E-state index contributed by atoms with van der Waals surface area (Å²) in [6.07, 6.45) is 0.876. The molecule has 4 heteroatoms. The van der Waals surface area contributed by atoms with Crippen molar-refractivity contribution in [2.75, 3.05) is 5.73 Å². The molecular formula is C17H20N4. The van der Waals surface area contributed by atoms with E-state index in [9.17, 15) is 0 Å². The molecule has 1 heterocycles. The minimum Gasteiger partial charge on any atom is -0.398 e. The Morgan fingerprint density at radius 1 is 1.14 bits per heavy atom. The summed E-state index contributed by atoms with van der Waals surface area (Å²) in [4.78, 5) is 4.66. The summed E-state index contributed by atoms with van der Waals surface area (Å²) < 4.78 is 1.82. The Labute approximate surface area is 124 Å². The summed E-state index contributed by atoms with van der Waals surface area (Å²) in [5, 5.41) is 6.80. The van der Waals surface area contributed by atoms with Gasteiger partial charge in [0.25, 0.3) is 0 Å². The number of nitrogens with two attached hydrogens (primary N) is 1. The molecule has 0 unspecified atom stereocenters. The Hall–Kier alpha value is -2.36. The number of aromatic nitrogens is 3. The quantitative estimate of drug-likeness (QED) is 0.748. The highest BCUT2D eigenvalue weighted by molar-refractivity contribution is 5.92. The SMILES string of the molecule is CC(C)Cc1nc(-c2cc3ccccc3cc2N)n(C)n1. The van der Waals surface area contributed by atoms with E-state index in [4.69, 9.17) is 5.73 Å². The van der Waals surface area contributed by atoms with E-state index in [0.29, 0.717) is 5.92 Å². The molecule has 2 N–H and O–H groups in total. The highest BCUT2D eigenvalue weighted by atomic mass is 15.3. The van der Waals surface area contributed by atoms with Crippen LogP contribution in [0.2, 0.25) is 0 Å². The first-order chi connectivity index (χ1) is 10.0. The lowest BCUT2D eigenvalue weighted by atomic mass is 10.0. The Balaban J connectivity index is 2.11. The van der Waals surface area contributed by atoms with Gasteiger partial charge in [0.2, 0.25) is 0 Å². The van der Waals surface area contributed by atoms with Crippen LogP contribution in [0.3, 0.4) is 0 Å². The number of benzene rings is 2. The lowest BCUT2D eigenvalue weighted by Gasteiger charge is -2.07. The van der Waals surface area contributed by atoms with Crippen molar-refractivity contribution in [2.24, 2.45) is 13.0 Å². The standard InChI is InChI=1S/C17H20N4/c1-11(2)8-16-19-17(21(3)20-16)14-9-12-6-4-5-7-13(12)10-15(14)18/h4-7,9-11H,8,18H2,1-3H3. The maximum absolute atomic E-state index is 6.22. The molecule has 21 heavy (non-hydrogen) atoms. The second kappa shape index (κ2) is 5.20. The Morgan fingerprint density at radius 2 is 1.81 bits per heavy atom. The van der Waals surface area contributed by atoms with Crippen LogP contribution >= 0.6 is 0 Å². The van der Waals surface area contributed by atoms with E-state index in [2.05, 4.69) is 42.1 Å². The maximum atomic E-state index is 6.22. The van der Waals surface area contributed by atoms with E-state index in [1.807, 2.05) is 29.9 Å². The number of rotatable bonds is 3.